The lowest BCUT2D eigenvalue weighted by molar-refractivity contribution is -0.144. The molecule has 5 amide bonds. The van der Waals surface area contributed by atoms with E-state index >= 15 is 0 Å². The summed E-state index contributed by atoms with van der Waals surface area (Å²) < 4.78 is 0. The second kappa shape index (κ2) is 13.6. The molecule has 4 atom stereocenters. The highest BCUT2D eigenvalue weighted by Gasteiger charge is 2.32. The van der Waals surface area contributed by atoms with Gasteiger partial charge in [-0.2, -0.15) is 0 Å². The molecule has 0 aromatic carbocycles. The lowest BCUT2D eigenvalue weighted by atomic mass is 10.0. The number of carboxylic acids is 2. The van der Waals surface area contributed by atoms with Crippen molar-refractivity contribution in [3.05, 3.63) is 0 Å². The highest BCUT2D eigenvalue weighted by Crippen LogP contribution is 2.07. The first-order valence-electron chi connectivity index (χ1n) is 9.81. The third-order valence-corrected chi connectivity index (χ3v) is 4.13. The van der Waals surface area contributed by atoms with Crippen LogP contribution in [0.3, 0.4) is 0 Å². The smallest absolute Gasteiger partial charge is 0.326 e. The topological polar surface area (TPSA) is 274 Å². The maximum atomic E-state index is 12.7. The molecule has 0 aromatic heterocycles. The average Bonchev–Trinajstić information content (AvgIpc) is 2.64. The van der Waals surface area contributed by atoms with E-state index in [0.717, 1.165) is 0 Å². The summed E-state index contributed by atoms with van der Waals surface area (Å²) in [5, 5.41) is 24.6. The van der Waals surface area contributed by atoms with Crippen molar-refractivity contribution in [1.29, 1.82) is 0 Å². The summed E-state index contributed by atoms with van der Waals surface area (Å²) >= 11 is 0. The number of carboxylic acid groups (broad SMARTS) is 2. The summed E-state index contributed by atoms with van der Waals surface area (Å²) in [5.74, 6) is -8.11. The predicted octanol–water partition coefficient (Wildman–Crippen LogP) is -3.88. The van der Waals surface area contributed by atoms with Gasteiger partial charge in [0.05, 0.1) is 25.3 Å². The zero-order valence-corrected chi connectivity index (χ0v) is 18.2. The molecule has 15 heteroatoms. The Morgan fingerprint density at radius 2 is 1.15 bits per heavy atom. The van der Waals surface area contributed by atoms with Crippen molar-refractivity contribution in [3.63, 3.8) is 0 Å². The molecule has 0 rings (SSSR count). The van der Waals surface area contributed by atoms with Gasteiger partial charge < -0.3 is 43.4 Å². The third-order valence-electron chi connectivity index (χ3n) is 4.13. The first kappa shape index (κ1) is 29.2. The van der Waals surface area contributed by atoms with E-state index in [4.69, 9.17) is 27.4 Å². The van der Waals surface area contributed by atoms with Crippen molar-refractivity contribution in [2.24, 2.45) is 23.1 Å². The number of nitrogens with one attached hydrogen (secondary N) is 3. The van der Waals surface area contributed by atoms with Crippen LogP contribution in [0.15, 0.2) is 0 Å². The maximum Gasteiger partial charge on any atom is 0.326 e. The highest BCUT2D eigenvalue weighted by molar-refractivity contribution is 5.96. The summed E-state index contributed by atoms with van der Waals surface area (Å²) in [6, 6.07) is -6.09. The molecular formula is C18H30N6O9. The van der Waals surface area contributed by atoms with Crippen molar-refractivity contribution >= 4 is 41.5 Å². The van der Waals surface area contributed by atoms with Crippen LogP contribution in [-0.2, 0) is 33.6 Å². The molecule has 0 fully saturated rings. The van der Waals surface area contributed by atoms with Crippen LogP contribution in [0.4, 0.5) is 0 Å². The molecule has 11 N–H and O–H groups in total. The first-order valence-corrected chi connectivity index (χ1v) is 9.81. The molecule has 0 spiro atoms. The SMILES string of the molecule is CC(C)CC(NC(=O)C(CC(=O)O)NC(=O)C(N)CC(N)=O)C(=O)NC(CC(N)=O)C(=O)O. The molecule has 0 heterocycles. The van der Waals surface area contributed by atoms with Crippen LogP contribution >= 0.6 is 0 Å². The van der Waals surface area contributed by atoms with Gasteiger partial charge in [0.15, 0.2) is 0 Å². The standard InChI is InChI=1S/C18H30N6O9/c1-7(2)3-9(16(30)24-11(18(32)33)5-13(21)26)23-17(31)10(6-14(27)28)22-15(29)8(19)4-12(20)25/h7-11H,3-6,19H2,1-2H3,(H2,20,25)(H2,21,26)(H,22,29)(H,23,31)(H,24,30)(H,27,28)(H,32,33). The summed E-state index contributed by atoms with van der Waals surface area (Å²) in [6.45, 7) is 3.40. The van der Waals surface area contributed by atoms with E-state index in [9.17, 15) is 33.6 Å². The Hall–Kier alpha value is -3.75. The fourth-order valence-electron chi connectivity index (χ4n) is 2.62. The number of amides is 5. The predicted molar refractivity (Wildman–Crippen MR) is 111 cm³/mol. The summed E-state index contributed by atoms with van der Waals surface area (Å²) in [5.41, 5.74) is 15.4. The molecule has 0 aliphatic heterocycles. The highest BCUT2D eigenvalue weighted by atomic mass is 16.4. The minimum absolute atomic E-state index is 0.00934. The summed E-state index contributed by atoms with van der Waals surface area (Å²) in [4.78, 5) is 81.7. The number of rotatable bonds is 15. The molecule has 0 aromatic rings. The maximum absolute atomic E-state index is 12.7. The molecule has 186 valence electrons. The van der Waals surface area contributed by atoms with Crippen LogP contribution in [0, 0.1) is 5.92 Å². The van der Waals surface area contributed by atoms with E-state index in [-0.39, 0.29) is 12.3 Å². The van der Waals surface area contributed by atoms with Crippen molar-refractivity contribution in [2.75, 3.05) is 0 Å². The molecule has 4 unspecified atom stereocenters. The molecular weight excluding hydrogens is 444 g/mol. The van der Waals surface area contributed by atoms with Gasteiger partial charge in [-0.05, 0) is 12.3 Å². The van der Waals surface area contributed by atoms with Crippen LogP contribution in [-0.4, -0.2) is 75.9 Å². The Balaban J connectivity index is 5.56. The monoisotopic (exact) mass is 474 g/mol. The van der Waals surface area contributed by atoms with E-state index in [0.29, 0.717) is 0 Å². The zero-order chi connectivity index (χ0) is 25.9. The minimum Gasteiger partial charge on any atom is -0.481 e. The van der Waals surface area contributed by atoms with Gasteiger partial charge >= 0.3 is 11.9 Å². The van der Waals surface area contributed by atoms with Crippen LogP contribution in [0.2, 0.25) is 0 Å². The second-order valence-electron chi connectivity index (χ2n) is 7.70. The van der Waals surface area contributed by atoms with E-state index < -0.39 is 84.9 Å². The Bertz CT molecular complexity index is 785. The number of carbonyl (C=O) groups is 7. The van der Waals surface area contributed by atoms with Crippen LogP contribution in [0.5, 0.6) is 0 Å². The summed E-state index contributed by atoms with van der Waals surface area (Å²) in [6.07, 6.45) is -2.12. The Labute approximate surface area is 188 Å². The largest absolute Gasteiger partial charge is 0.481 e. The normalized spacial score (nSPS) is 14.3. The van der Waals surface area contributed by atoms with Crippen LogP contribution in [0.25, 0.3) is 0 Å². The molecule has 0 aliphatic rings. The van der Waals surface area contributed by atoms with Crippen molar-refractivity contribution in [2.45, 2.75) is 63.7 Å². The zero-order valence-electron chi connectivity index (χ0n) is 18.2. The van der Waals surface area contributed by atoms with Crippen molar-refractivity contribution in [3.8, 4) is 0 Å². The fraction of sp³-hybridized carbons (Fsp3) is 0.611. The Morgan fingerprint density at radius 1 is 0.697 bits per heavy atom. The Kier molecular flexibility index (Phi) is 12.1. The number of aliphatic carboxylic acids is 2. The average molecular weight is 474 g/mol. The molecule has 0 saturated heterocycles. The van der Waals surface area contributed by atoms with Crippen LogP contribution < -0.4 is 33.2 Å². The Morgan fingerprint density at radius 3 is 1.58 bits per heavy atom. The van der Waals surface area contributed by atoms with Crippen molar-refractivity contribution < 1.29 is 43.8 Å². The molecule has 0 aliphatic carbocycles. The number of hydrogen-bond donors (Lipinski definition) is 8. The molecule has 0 saturated carbocycles. The van der Waals surface area contributed by atoms with E-state index in [2.05, 4.69) is 16.0 Å². The first-order chi connectivity index (χ1) is 15.1. The van der Waals surface area contributed by atoms with Gasteiger partial charge in [-0.1, -0.05) is 13.8 Å². The fourth-order valence-corrected chi connectivity index (χ4v) is 2.62. The van der Waals surface area contributed by atoms with Gasteiger partial charge in [-0.15, -0.1) is 0 Å². The minimum atomic E-state index is -1.67. The number of carbonyl (C=O) groups excluding carboxylic acids is 5. The molecule has 0 radical (unpaired) electrons. The molecule has 0 bridgehead atoms. The van der Waals surface area contributed by atoms with E-state index in [1.807, 2.05) is 0 Å². The van der Waals surface area contributed by atoms with E-state index in [1.54, 1.807) is 13.8 Å². The number of primary amides is 2. The third kappa shape index (κ3) is 12.0. The van der Waals surface area contributed by atoms with Crippen LogP contribution in [0.1, 0.15) is 39.5 Å². The van der Waals surface area contributed by atoms with Gasteiger partial charge in [0.1, 0.15) is 18.1 Å². The lowest BCUT2D eigenvalue weighted by Crippen LogP contribution is -2.58. The van der Waals surface area contributed by atoms with Gasteiger partial charge in [-0.25, -0.2) is 4.79 Å². The van der Waals surface area contributed by atoms with Gasteiger partial charge in [0, 0.05) is 0 Å². The summed E-state index contributed by atoms with van der Waals surface area (Å²) in [7, 11) is 0. The van der Waals surface area contributed by atoms with E-state index in [1.165, 1.54) is 0 Å². The quantitative estimate of drug-likeness (QED) is 0.114. The molecule has 15 nitrogen and oxygen atoms in total. The van der Waals surface area contributed by atoms with Gasteiger partial charge in [0.25, 0.3) is 0 Å². The van der Waals surface area contributed by atoms with Gasteiger partial charge in [-0.3, -0.25) is 28.8 Å². The molecule has 33 heavy (non-hydrogen) atoms. The lowest BCUT2D eigenvalue weighted by Gasteiger charge is -2.25. The number of hydrogen-bond acceptors (Lipinski definition) is 8. The van der Waals surface area contributed by atoms with Gasteiger partial charge in [0.2, 0.25) is 29.5 Å². The number of nitrogens with two attached hydrogens (primary N) is 3. The second-order valence-corrected chi connectivity index (χ2v) is 7.70. The van der Waals surface area contributed by atoms with Crippen molar-refractivity contribution in [1.82, 2.24) is 16.0 Å².